The van der Waals surface area contributed by atoms with Gasteiger partial charge in [0.1, 0.15) is 0 Å². The second-order valence-electron chi connectivity index (χ2n) is 6.11. The van der Waals surface area contributed by atoms with Crippen molar-refractivity contribution in [3.8, 4) is 11.6 Å². The van der Waals surface area contributed by atoms with Crippen LogP contribution in [0.4, 0.5) is 5.95 Å². The van der Waals surface area contributed by atoms with Crippen molar-refractivity contribution in [3.63, 3.8) is 0 Å². The van der Waals surface area contributed by atoms with Gasteiger partial charge in [0.15, 0.2) is 5.76 Å². The molecule has 0 unspecified atom stereocenters. The molecule has 0 aliphatic carbocycles. The Labute approximate surface area is 155 Å². The molecule has 27 heavy (non-hydrogen) atoms. The van der Waals surface area contributed by atoms with Crippen molar-refractivity contribution in [3.05, 3.63) is 48.6 Å². The van der Waals surface area contributed by atoms with Gasteiger partial charge in [0.2, 0.25) is 23.6 Å². The molecule has 3 aromatic heterocycles. The van der Waals surface area contributed by atoms with Crippen molar-refractivity contribution in [1.29, 1.82) is 0 Å². The third kappa shape index (κ3) is 3.59. The molecule has 0 atom stereocenters. The molecule has 1 amide bonds. The Hall–Kier alpha value is -3.42. The number of carbonyl (C=O) groups excluding carboxylic acids is 1. The average molecular weight is 365 g/mol. The third-order valence-electron chi connectivity index (χ3n) is 4.13. The van der Waals surface area contributed by atoms with Gasteiger partial charge >= 0.3 is 0 Å². The van der Waals surface area contributed by atoms with Gasteiger partial charge in [0.05, 0.1) is 17.3 Å². The van der Waals surface area contributed by atoms with E-state index in [2.05, 4.69) is 27.4 Å². The van der Waals surface area contributed by atoms with Gasteiger partial charge in [-0.25, -0.2) is 4.98 Å². The minimum atomic E-state index is -0.152. The third-order valence-corrected chi connectivity index (χ3v) is 4.13. The Kier molecular flexibility index (Phi) is 4.69. The first-order valence-corrected chi connectivity index (χ1v) is 8.86. The van der Waals surface area contributed by atoms with Crippen LogP contribution in [0.3, 0.4) is 0 Å². The summed E-state index contributed by atoms with van der Waals surface area (Å²) in [6, 6.07) is 11.3. The zero-order valence-electron chi connectivity index (χ0n) is 14.9. The van der Waals surface area contributed by atoms with Crippen molar-refractivity contribution in [2.45, 2.75) is 32.7 Å². The second kappa shape index (κ2) is 7.45. The van der Waals surface area contributed by atoms with Crippen LogP contribution in [0, 0.1) is 0 Å². The van der Waals surface area contributed by atoms with Crippen LogP contribution in [-0.4, -0.2) is 25.6 Å². The number of benzene rings is 1. The molecule has 0 fully saturated rings. The van der Waals surface area contributed by atoms with Crippen molar-refractivity contribution < 1.29 is 13.7 Å². The quantitative estimate of drug-likeness (QED) is 0.536. The Morgan fingerprint density at radius 3 is 2.89 bits per heavy atom. The molecule has 1 aromatic carbocycles. The minimum Gasteiger partial charge on any atom is -0.461 e. The topological polar surface area (TPSA) is 99.0 Å². The van der Waals surface area contributed by atoms with E-state index in [-0.39, 0.29) is 12.3 Å². The van der Waals surface area contributed by atoms with Crippen LogP contribution in [-0.2, 0) is 17.8 Å². The molecule has 0 aliphatic rings. The fraction of sp³-hybridized carbons (Fsp3) is 0.263. The van der Waals surface area contributed by atoms with Gasteiger partial charge in [-0.2, -0.15) is 4.98 Å². The summed E-state index contributed by atoms with van der Waals surface area (Å²) in [5, 5.41) is 6.75. The van der Waals surface area contributed by atoms with Gasteiger partial charge in [-0.05, 0) is 30.7 Å². The smallest absolute Gasteiger partial charge is 0.238 e. The molecule has 0 bridgehead atoms. The van der Waals surface area contributed by atoms with Crippen LogP contribution in [0.5, 0.6) is 0 Å². The summed E-state index contributed by atoms with van der Waals surface area (Å²) in [6.07, 6.45) is 3.05. The van der Waals surface area contributed by atoms with Crippen LogP contribution in [0.2, 0.25) is 0 Å². The first kappa shape index (κ1) is 17.0. The van der Waals surface area contributed by atoms with E-state index in [1.807, 2.05) is 28.8 Å². The largest absolute Gasteiger partial charge is 0.461 e. The number of rotatable bonds is 7. The van der Waals surface area contributed by atoms with E-state index in [1.54, 1.807) is 18.4 Å². The second-order valence-corrected chi connectivity index (χ2v) is 6.11. The number of amides is 1. The summed E-state index contributed by atoms with van der Waals surface area (Å²) in [5.41, 5.74) is 1.87. The van der Waals surface area contributed by atoms with E-state index in [0.29, 0.717) is 29.8 Å². The maximum absolute atomic E-state index is 12.4. The highest BCUT2D eigenvalue weighted by atomic mass is 16.5. The van der Waals surface area contributed by atoms with E-state index in [9.17, 15) is 4.79 Å². The van der Waals surface area contributed by atoms with Crippen LogP contribution >= 0.6 is 0 Å². The number of hydrogen-bond donors (Lipinski definition) is 1. The molecule has 0 saturated carbocycles. The van der Waals surface area contributed by atoms with E-state index in [1.165, 1.54) is 0 Å². The summed E-state index contributed by atoms with van der Waals surface area (Å²) in [5.74, 6) is 1.70. The van der Waals surface area contributed by atoms with E-state index >= 15 is 0 Å². The molecule has 4 aromatic rings. The summed E-state index contributed by atoms with van der Waals surface area (Å²) in [7, 11) is 0. The molecule has 8 nitrogen and oxygen atoms in total. The van der Waals surface area contributed by atoms with Crippen molar-refractivity contribution in [1.82, 2.24) is 19.7 Å². The lowest BCUT2D eigenvalue weighted by Gasteiger charge is -2.08. The fourth-order valence-corrected chi connectivity index (χ4v) is 2.89. The molecule has 0 spiro atoms. The summed E-state index contributed by atoms with van der Waals surface area (Å²) >= 11 is 0. The van der Waals surface area contributed by atoms with Gasteiger partial charge < -0.3 is 13.5 Å². The summed E-state index contributed by atoms with van der Waals surface area (Å²) in [6.45, 7) is 2.87. The molecular weight excluding hydrogens is 346 g/mol. The lowest BCUT2D eigenvalue weighted by molar-refractivity contribution is -0.116. The van der Waals surface area contributed by atoms with Crippen LogP contribution in [0.25, 0.3) is 22.6 Å². The maximum Gasteiger partial charge on any atom is 0.238 e. The van der Waals surface area contributed by atoms with E-state index < -0.39 is 0 Å². The van der Waals surface area contributed by atoms with E-state index in [0.717, 1.165) is 24.0 Å². The Morgan fingerprint density at radius 2 is 2.07 bits per heavy atom. The zero-order chi connectivity index (χ0) is 18.6. The highest BCUT2D eigenvalue weighted by molar-refractivity contribution is 5.91. The number of para-hydroxylation sites is 2. The summed E-state index contributed by atoms with van der Waals surface area (Å²) < 4.78 is 12.4. The Balaban J connectivity index is 1.42. The predicted octanol–water partition coefficient (Wildman–Crippen LogP) is 3.66. The van der Waals surface area contributed by atoms with Gasteiger partial charge in [-0.1, -0.05) is 24.2 Å². The lowest BCUT2D eigenvalue weighted by Crippen LogP contribution is -2.16. The SMILES string of the molecule is CCCn1c(NC(=O)CCc2nc(-c3ccco3)no2)nc2ccccc21. The number of furan rings is 1. The molecule has 0 saturated heterocycles. The number of nitrogens with zero attached hydrogens (tertiary/aromatic N) is 4. The van der Waals surface area contributed by atoms with Crippen molar-refractivity contribution in [2.24, 2.45) is 0 Å². The monoisotopic (exact) mass is 365 g/mol. The van der Waals surface area contributed by atoms with Crippen LogP contribution in [0.15, 0.2) is 51.6 Å². The maximum atomic E-state index is 12.4. The fourth-order valence-electron chi connectivity index (χ4n) is 2.89. The number of fused-ring (bicyclic) bond motifs is 1. The van der Waals surface area contributed by atoms with Crippen molar-refractivity contribution >= 4 is 22.9 Å². The number of nitrogens with one attached hydrogen (secondary N) is 1. The normalized spacial score (nSPS) is 11.1. The predicted molar refractivity (Wildman–Crippen MR) is 99.0 cm³/mol. The van der Waals surface area contributed by atoms with Crippen LogP contribution < -0.4 is 5.32 Å². The molecule has 0 aliphatic heterocycles. The van der Waals surface area contributed by atoms with E-state index in [4.69, 9.17) is 8.94 Å². The van der Waals surface area contributed by atoms with Gasteiger partial charge in [-0.3, -0.25) is 10.1 Å². The van der Waals surface area contributed by atoms with Gasteiger partial charge in [0, 0.05) is 19.4 Å². The highest BCUT2D eigenvalue weighted by Crippen LogP contribution is 2.20. The summed E-state index contributed by atoms with van der Waals surface area (Å²) in [4.78, 5) is 21.2. The van der Waals surface area contributed by atoms with Gasteiger partial charge in [0.25, 0.3) is 0 Å². The standard InChI is InChI=1S/C19H19N5O3/c1-2-11-24-14-7-4-3-6-13(14)20-19(24)21-16(25)9-10-17-22-18(23-27-17)15-8-5-12-26-15/h3-8,12H,2,9-11H2,1H3,(H,20,21,25). The molecule has 3 heterocycles. The number of aryl methyl sites for hydroxylation is 2. The number of hydrogen-bond acceptors (Lipinski definition) is 6. The molecular formula is C19H19N5O3. The van der Waals surface area contributed by atoms with Crippen molar-refractivity contribution in [2.75, 3.05) is 5.32 Å². The number of carbonyl (C=O) groups is 1. The van der Waals surface area contributed by atoms with Crippen LogP contribution in [0.1, 0.15) is 25.7 Å². The number of anilines is 1. The Bertz CT molecular complexity index is 1050. The zero-order valence-corrected chi connectivity index (χ0v) is 14.9. The Morgan fingerprint density at radius 1 is 1.19 bits per heavy atom. The van der Waals surface area contributed by atoms with Gasteiger partial charge in [-0.15, -0.1) is 0 Å². The minimum absolute atomic E-state index is 0.152. The molecule has 1 N–H and O–H groups in total. The number of aromatic nitrogens is 4. The number of imidazole rings is 1. The first-order chi connectivity index (χ1) is 13.2. The lowest BCUT2D eigenvalue weighted by atomic mass is 10.3. The average Bonchev–Trinajstić information content (AvgIpc) is 3.41. The molecule has 4 rings (SSSR count). The molecule has 138 valence electrons. The highest BCUT2D eigenvalue weighted by Gasteiger charge is 2.15. The molecule has 8 heteroatoms. The molecule has 0 radical (unpaired) electrons. The first-order valence-electron chi connectivity index (χ1n) is 8.86.